The van der Waals surface area contributed by atoms with E-state index in [1.54, 1.807) is 25.1 Å². The number of hydrogen-bond acceptors (Lipinski definition) is 6. The first-order valence-corrected chi connectivity index (χ1v) is 10.0. The molecule has 4 aromatic rings. The van der Waals surface area contributed by atoms with Gasteiger partial charge in [-0.3, -0.25) is 10.1 Å². The van der Waals surface area contributed by atoms with Crippen LogP contribution in [0.3, 0.4) is 0 Å². The number of nitrogens with zero attached hydrogens (tertiary/aromatic N) is 4. The van der Waals surface area contributed by atoms with Crippen LogP contribution in [-0.2, 0) is 13.2 Å². The first-order valence-electron chi connectivity index (χ1n) is 10.0. The predicted octanol–water partition coefficient (Wildman–Crippen LogP) is 4.21. The Morgan fingerprint density at radius 1 is 1.16 bits per heavy atom. The fraction of sp³-hybridized carbons (Fsp3) is 0.217. The van der Waals surface area contributed by atoms with Crippen molar-refractivity contribution in [3.63, 3.8) is 0 Å². The second-order valence-corrected chi connectivity index (χ2v) is 7.36. The van der Waals surface area contributed by atoms with Gasteiger partial charge in [-0.15, -0.1) is 5.10 Å². The number of aryl methyl sites for hydroxylation is 2. The first kappa shape index (κ1) is 21.2. The highest BCUT2D eigenvalue weighted by Crippen LogP contribution is 2.23. The predicted molar refractivity (Wildman–Crippen MR) is 115 cm³/mol. The van der Waals surface area contributed by atoms with Crippen molar-refractivity contribution in [2.24, 2.45) is 0 Å². The Morgan fingerprint density at radius 3 is 2.78 bits per heavy atom. The maximum absolute atomic E-state index is 13.8. The molecule has 0 aliphatic carbocycles. The Bertz CT molecular complexity index is 1260. The van der Waals surface area contributed by atoms with Crippen LogP contribution >= 0.6 is 0 Å². The number of anilines is 1. The van der Waals surface area contributed by atoms with Gasteiger partial charge in [-0.25, -0.2) is 14.1 Å². The van der Waals surface area contributed by atoms with Gasteiger partial charge in [0, 0.05) is 5.56 Å². The van der Waals surface area contributed by atoms with E-state index in [0.29, 0.717) is 16.9 Å². The second kappa shape index (κ2) is 9.01. The summed E-state index contributed by atoms with van der Waals surface area (Å²) in [6, 6.07) is 12.2. The smallest absolute Gasteiger partial charge is 0.280 e. The Morgan fingerprint density at radius 2 is 1.97 bits per heavy atom. The van der Waals surface area contributed by atoms with Crippen LogP contribution in [0.1, 0.15) is 38.5 Å². The van der Waals surface area contributed by atoms with Gasteiger partial charge in [0.05, 0.1) is 12.1 Å². The highest BCUT2D eigenvalue weighted by molar-refractivity contribution is 6.02. The lowest BCUT2D eigenvalue weighted by molar-refractivity contribution is 0.101. The van der Waals surface area contributed by atoms with Gasteiger partial charge in [0.25, 0.3) is 5.91 Å². The molecule has 4 rings (SSSR count). The fourth-order valence-electron chi connectivity index (χ4n) is 3.16. The lowest BCUT2D eigenvalue weighted by Crippen LogP contribution is -2.16. The zero-order valence-electron chi connectivity index (χ0n) is 17.9. The van der Waals surface area contributed by atoms with E-state index < -0.39 is 5.91 Å². The van der Waals surface area contributed by atoms with Crippen molar-refractivity contribution in [2.75, 3.05) is 5.32 Å². The zero-order valence-corrected chi connectivity index (χ0v) is 17.9. The van der Waals surface area contributed by atoms with E-state index in [9.17, 15) is 9.18 Å². The van der Waals surface area contributed by atoms with Crippen LogP contribution in [0.4, 0.5) is 10.3 Å². The molecular weight excluding hydrogens is 413 g/mol. The van der Waals surface area contributed by atoms with Gasteiger partial charge >= 0.3 is 0 Å². The molecule has 0 aliphatic rings. The molecule has 2 aromatic carbocycles. The molecule has 1 N–H and O–H groups in total. The number of hydrogen-bond donors (Lipinski definition) is 1. The molecule has 0 saturated heterocycles. The summed E-state index contributed by atoms with van der Waals surface area (Å²) in [5, 5.41) is 10.6. The number of aromatic nitrogens is 4. The standard InChI is InChI=1S/C23H22FN5O3/c1-14-7-6-10-20(15(14)2)31-12-18-16(3)32-28-21(18)22(30)26-23-25-13-29(27-23)11-17-8-4-5-9-19(17)24/h4-10,13H,11-12H2,1-3H3,(H,26,27,30). The van der Waals surface area contributed by atoms with Crippen LogP contribution in [0.5, 0.6) is 5.75 Å². The van der Waals surface area contributed by atoms with Crippen molar-refractivity contribution < 1.29 is 18.4 Å². The third-order valence-electron chi connectivity index (χ3n) is 5.18. The number of halogens is 1. The summed E-state index contributed by atoms with van der Waals surface area (Å²) in [6.45, 7) is 6.00. The summed E-state index contributed by atoms with van der Waals surface area (Å²) in [4.78, 5) is 16.8. The molecule has 0 fully saturated rings. The minimum absolute atomic E-state index is 0.0772. The molecule has 8 nitrogen and oxygen atoms in total. The van der Waals surface area contributed by atoms with E-state index in [4.69, 9.17) is 9.26 Å². The molecule has 1 amide bonds. The molecule has 2 heterocycles. The van der Waals surface area contributed by atoms with Crippen LogP contribution in [0.25, 0.3) is 0 Å². The molecule has 0 saturated carbocycles. The summed E-state index contributed by atoms with van der Waals surface area (Å²) in [7, 11) is 0. The average Bonchev–Trinajstić information content (AvgIpc) is 3.37. The third kappa shape index (κ3) is 4.51. The van der Waals surface area contributed by atoms with E-state index in [-0.39, 0.29) is 30.6 Å². The van der Waals surface area contributed by atoms with E-state index >= 15 is 0 Å². The van der Waals surface area contributed by atoms with Gasteiger partial charge in [0.1, 0.15) is 30.3 Å². The molecule has 9 heteroatoms. The van der Waals surface area contributed by atoms with Gasteiger partial charge in [0.2, 0.25) is 5.95 Å². The van der Waals surface area contributed by atoms with E-state index in [0.717, 1.165) is 16.9 Å². The number of carbonyl (C=O) groups is 1. The average molecular weight is 435 g/mol. The Kier molecular flexibility index (Phi) is 5.98. The molecule has 164 valence electrons. The van der Waals surface area contributed by atoms with Crippen molar-refractivity contribution >= 4 is 11.9 Å². The van der Waals surface area contributed by atoms with Crippen LogP contribution in [0.2, 0.25) is 0 Å². The van der Waals surface area contributed by atoms with Crippen molar-refractivity contribution in [3.05, 3.63) is 88.3 Å². The molecular formula is C23H22FN5O3. The van der Waals surface area contributed by atoms with Gasteiger partial charge in [-0.2, -0.15) is 0 Å². The summed E-state index contributed by atoms with van der Waals surface area (Å²) >= 11 is 0. The summed E-state index contributed by atoms with van der Waals surface area (Å²) < 4.78 is 26.4. The number of amides is 1. The summed E-state index contributed by atoms with van der Waals surface area (Å²) in [6.07, 6.45) is 1.42. The van der Waals surface area contributed by atoms with E-state index in [2.05, 4.69) is 20.6 Å². The van der Waals surface area contributed by atoms with Crippen molar-refractivity contribution in [1.29, 1.82) is 0 Å². The normalized spacial score (nSPS) is 10.9. The third-order valence-corrected chi connectivity index (χ3v) is 5.18. The molecule has 0 radical (unpaired) electrons. The maximum Gasteiger partial charge on any atom is 0.280 e. The molecule has 0 aliphatic heterocycles. The SMILES string of the molecule is Cc1cccc(OCc2c(C(=O)Nc3ncn(Cc4ccccc4F)n3)noc2C)c1C. The minimum atomic E-state index is -0.523. The Hall–Kier alpha value is -4.01. The maximum atomic E-state index is 13.8. The largest absolute Gasteiger partial charge is 0.488 e. The molecule has 0 bridgehead atoms. The number of rotatable bonds is 7. The first-order chi connectivity index (χ1) is 15.4. The minimum Gasteiger partial charge on any atom is -0.488 e. The highest BCUT2D eigenvalue weighted by atomic mass is 19.1. The topological polar surface area (TPSA) is 95.1 Å². The lowest BCUT2D eigenvalue weighted by Gasteiger charge is -2.10. The van der Waals surface area contributed by atoms with E-state index in [1.807, 2.05) is 32.0 Å². The summed E-state index contributed by atoms with van der Waals surface area (Å²) in [5.41, 5.74) is 3.23. The Labute approximate surface area is 184 Å². The number of ether oxygens (including phenoxy) is 1. The number of nitrogens with one attached hydrogen (secondary N) is 1. The van der Waals surface area contributed by atoms with Crippen LogP contribution in [0, 0.1) is 26.6 Å². The van der Waals surface area contributed by atoms with E-state index in [1.165, 1.54) is 17.1 Å². The van der Waals surface area contributed by atoms with Gasteiger partial charge < -0.3 is 9.26 Å². The zero-order chi connectivity index (χ0) is 22.7. The van der Waals surface area contributed by atoms with Crippen LogP contribution < -0.4 is 10.1 Å². The monoisotopic (exact) mass is 435 g/mol. The number of benzene rings is 2. The molecule has 0 unspecified atom stereocenters. The van der Waals surface area contributed by atoms with Crippen LogP contribution in [0.15, 0.2) is 53.3 Å². The molecule has 0 atom stereocenters. The molecule has 2 aromatic heterocycles. The van der Waals surface area contributed by atoms with Gasteiger partial charge in [-0.1, -0.05) is 35.5 Å². The summed E-state index contributed by atoms with van der Waals surface area (Å²) in [5.74, 6) is 0.433. The highest BCUT2D eigenvalue weighted by Gasteiger charge is 2.22. The fourth-order valence-corrected chi connectivity index (χ4v) is 3.16. The van der Waals surface area contributed by atoms with Gasteiger partial charge in [0.15, 0.2) is 5.69 Å². The van der Waals surface area contributed by atoms with Crippen molar-refractivity contribution in [1.82, 2.24) is 19.9 Å². The molecule has 0 spiro atoms. The lowest BCUT2D eigenvalue weighted by atomic mass is 10.1. The van der Waals surface area contributed by atoms with Crippen LogP contribution in [-0.4, -0.2) is 25.8 Å². The Balaban J connectivity index is 1.45. The van der Waals surface area contributed by atoms with Crippen molar-refractivity contribution in [2.45, 2.75) is 33.9 Å². The number of carbonyl (C=O) groups excluding carboxylic acids is 1. The molecule has 32 heavy (non-hydrogen) atoms. The van der Waals surface area contributed by atoms with Crippen molar-refractivity contribution in [3.8, 4) is 5.75 Å². The van der Waals surface area contributed by atoms with Gasteiger partial charge in [-0.05, 0) is 44.0 Å². The quantitative estimate of drug-likeness (QED) is 0.467. The second-order valence-electron chi connectivity index (χ2n) is 7.36.